The molecular weight excluding hydrogens is 428 g/mol. The summed E-state index contributed by atoms with van der Waals surface area (Å²) in [6.07, 6.45) is 13.7. The number of amides is 1. The van der Waals surface area contributed by atoms with Gasteiger partial charge in [0.05, 0.1) is 23.1 Å². The molecule has 0 bridgehead atoms. The zero-order valence-corrected chi connectivity index (χ0v) is 19.4. The van der Waals surface area contributed by atoms with Crippen molar-refractivity contribution in [2.45, 2.75) is 57.9 Å². The van der Waals surface area contributed by atoms with Gasteiger partial charge in [-0.05, 0) is 37.7 Å². The van der Waals surface area contributed by atoms with Crippen molar-refractivity contribution >= 4 is 29.1 Å². The number of hydrogen-bond donors (Lipinski definition) is 3. The zero-order valence-electron chi connectivity index (χ0n) is 18.6. The molecule has 2 aromatic rings. The molecule has 4 N–H and O–H groups in total. The van der Waals surface area contributed by atoms with Gasteiger partial charge in [-0.2, -0.15) is 0 Å². The highest BCUT2D eigenvalue weighted by Crippen LogP contribution is 2.29. The first kappa shape index (κ1) is 24.2. The average Bonchev–Trinajstić information content (AvgIpc) is 2.80. The van der Waals surface area contributed by atoms with Crippen LogP contribution in [0.5, 0.6) is 0 Å². The van der Waals surface area contributed by atoms with Gasteiger partial charge in [-0.25, -0.2) is 9.97 Å². The fourth-order valence-electron chi connectivity index (χ4n) is 3.95. The highest BCUT2D eigenvalue weighted by molar-refractivity contribution is 6.33. The van der Waals surface area contributed by atoms with Crippen molar-refractivity contribution in [2.75, 3.05) is 30.4 Å². The Labute approximate surface area is 194 Å². The van der Waals surface area contributed by atoms with Crippen LogP contribution in [-0.4, -0.2) is 46.7 Å². The Morgan fingerprint density at radius 1 is 1.12 bits per heavy atom. The van der Waals surface area contributed by atoms with E-state index in [-0.39, 0.29) is 5.91 Å². The van der Waals surface area contributed by atoms with Crippen molar-refractivity contribution in [3.63, 3.8) is 0 Å². The van der Waals surface area contributed by atoms with Gasteiger partial charge < -0.3 is 21.1 Å². The molecule has 1 amide bonds. The van der Waals surface area contributed by atoms with Crippen molar-refractivity contribution in [1.82, 2.24) is 15.0 Å². The number of halogens is 1. The number of nitrogens with one attached hydrogen (secondary N) is 2. The number of hydrogen-bond acceptors (Lipinski definition) is 7. The third-order valence-electron chi connectivity index (χ3n) is 5.64. The van der Waals surface area contributed by atoms with E-state index in [1.54, 1.807) is 18.6 Å². The molecule has 8 nitrogen and oxygen atoms in total. The fraction of sp³-hybridized carbons (Fsp3) is 0.565. The van der Waals surface area contributed by atoms with E-state index >= 15 is 0 Å². The minimum atomic E-state index is -0.333. The largest absolute Gasteiger partial charge is 0.381 e. The number of rotatable bonds is 6. The summed E-state index contributed by atoms with van der Waals surface area (Å²) < 4.78 is 5.43. The number of nitrogens with zero attached hydrogens (tertiary/aromatic N) is 3. The Morgan fingerprint density at radius 3 is 2.56 bits per heavy atom. The Balaban J connectivity index is 0.000000668. The molecular formula is C23H33ClN6O2. The molecule has 1 saturated carbocycles. The number of primary amides is 1. The molecule has 174 valence electrons. The second kappa shape index (κ2) is 12.6. The molecule has 2 aliphatic rings. The lowest BCUT2D eigenvalue weighted by Crippen LogP contribution is -2.23. The zero-order chi connectivity index (χ0) is 22.8. The first-order valence-electron chi connectivity index (χ1n) is 11.3. The van der Waals surface area contributed by atoms with Gasteiger partial charge in [0, 0.05) is 44.5 Å². The quantitative estimate of drug-likeness (QED) is 0.589. The summed E-state index contributed by atoms with van der Waals surface area (Å²) in [6.45, 7) is 3.89. The van der Waals surface area contributed by atoms with E-state index < -0.39 is 0 Å². The van der Waals surface area contributed by atoms with Crippen LogP contribution in [0.2, 0.25) is 5.02 Å². The van der Waals surface area contributed by atoms with Crippen molar-refractivity contribution in [2.24, 2.45) is 11.7 Å². The molecule has 0 radical (unpaired) electrons. The van der Waals surface area contributed by atoms with Gasteiger partial charge in [-0.15, -0.1) is 0 Å². The number of carbonyl (C=O) groups is 1. The van der Waals surface area contributed by atoms with E-state index in [1.807, 2.05) is 6.07 Å². The summed E-state index contributed by atoms with van der Waals surface area (Å²) >= 11 is 6.43. The second-order valence-corrected chi connectivity index (χ2v) is 8.77. The number of pyridine rings is 1. The van der Waals surface area contributed by atoms with Gasteiger partial charge in [0.2, 0.25) is 5.91 Å². The molecule has 0 atom stereocenters. The van der Waals surface area contributed by atoms with Crippen LogP contribution in [0.15, 0.2) is 24.7 Å². The minimum Gasteiger partial charge on any atom is -0.381 e. The summed E-state index contributed by atoms with van der Waals surface area (Å²) in [5.74, 6) is 1.92. The fourth-order valence-corrected chi connectivity index (χ4v) is 4.15. The summed E-state index contributed by atoms with van der Waals surface area (Å²) in [4.78, 5) is 22.8. The summed E-state index contributed by atoms with van der Waals surface area (Å²) in [5, 5.41) is 7.56. The number of anilines is 2. The van der Waals surface area contributed by atoms with E-state index in [2.05, 4.69) is 26.3 Å². The number of nitrogens with two attached hydrogens (primary N) is 1. The molecule has 0 aromatic carbocycles. The monoisotopic (exact) mass is 460 g/mol. The maximum Gasteiger partial charge on any atom is 0.214 e. The van der Waals surface area contributed by atoms with E-state index in [4.69, 9.17) is 21.3 Å². The molecule has 4 rings (SSSR count). The van der Waals surface area contributed by atoms with Gasteiger partial charge in [0.1, 0.15) is 11.6 Å². The van der Waals surface area contributed by atoms with E-state index in [0.29, 0.717) is 17.0 Å². The van der Waals surface area contributed by atoms with Crippen molar-refractivity contribution in [3.8, 4) is 11.3 Å². The standard InChI is InChI=1S/C21H28ClN5O.C2H5NO/c22-18-12-25-20(26-16-4-2-1-3-5-16)10-17(18)19-13-23-14-21(27-19)24-11-15-6-8-28-9-7-15;1-2(3)4/h10,12-16H,1-9,11H2,(H,24,27)(H,25,26);1H3,(H2,3,4). The Bertz CT molecular complexity index is 865. The molecule has 1 aliphatic carbocycles. The lowest BCUT2D eigenvalue weighted by molar-refractivity contribution is -0.115. The predicted octanol–water partition coefficient (Wildman–Crippen LogP) is 4.27. The van der Waals surface area contributed by atoms with Crippen LogP contribution in [0.4, 0.5) is 11.6 Å². The third kappa shape index (κ3) is 7.91. The highest BCUT2D eigenvalue weighted by atomic mass is 35.5. The highest BCUT2D eigenvalue weighted by Gasteiger charge is 2.16. The molecule has 32 heavy (non-hydrogen) atoms. The second-order valence-electron chi connectivity index (χ2n) is 8.37. The average molecular weight is 461 g/mol. The van der Waals surface area contributed by atoms with E-state index in [9.17, 15) is 4.79 Å². The van der Waals surface area contributed by atoms with Crippen LogP contribution >= 0.6 is 11.6 Å². The molecule has 3 heterocycles. The molecule has 1 aliphatic heterocycles. The van der Waals surface area contributed by atoms with Crippen LogP contribution < -0.4 is 16.4 Å². The van der Waals surface area contributed by atoms with Crippen LogP contribution in [0.25, 0.3) is 11.3 Å². The number of carbonyl (C=O) groups excluding carboxylic acids is 1. The third-order valence-corrected chi connectivity index (χ3v) is 5.94. The molecule has 1 saturated heterocycles. The van der Waals surface area contributed by atoms with Gasteiger partial charge in [-0.3, -0.25) is 9.78 Å². The van der Waals surface area contributed by atoms with Crippen LogP contribution in [0.3, 0.4) is 0 Å². The maximum atomic E-state index is 9.22. The summed E-state index contributed by atoms with van der Waals surface area (Å²) in [7, 11) is 0. The predicted molar refractivity (Wildman–Crippen MR) is 128 cm³/mol. The number of ether oxygens (including phenoxy) is 1. The Kier molecular flexibility index (Phi) is 9.49. The normalized spacial score (nSPS) is 17.2. The first-order chi connectivity index (χ1) is 15.5. The van der Waals surface area contributed by atoms with Gasteiger partial charge in [0.25, 0.3) is 0 Å². The minimum absolute atomic E-state index is 0.333. The van der Waals surface area contributed by atoms with Crippen LogP contribution in [0.1, 0.15) is 51.9 Å². The molecule has 2 aromatic heterocycles. The van der Waals surface area contributed by atoms with Crippen molar-refractivity contribution < 1.29 is 9.53 Å². The van der Waals surface area contributed by atoms with E-state index in [0.717, 1.165) is 55.5 Å². The van der Waals surface area contributed by atoms with Gasteiger partial charge in [0.15, 0.2) is 0 Å². The topological polar surface area (TPSA) is 115 Å². The van der Waals surface area contributed by atoms with Gasteiger partial charge in [-0.1, -0.05) is 30.9 Å². The van der Waals surface area contributed by atoms with Crippen LogP contribution in [0, 0.1) is 5.92 Å². The van der Waals surface area contributed by atoms with Crippen LogP contribution in [-0.2, 0) is 9.53 Å². The lowest BCUT2D eigenvalue weighted by atomic mass is 9.95. The molecule has 0 unspecified atom stereocenters. The lowest BCUT2D eigenvalue weighted by Gasteiger charge is -2.23. The SMILES string of the molecule is CC(N)=O.Clc1cnc(NC2CCCCC2)cc1-c1cncc(NCC2CCOCC2)n1. The first-order valence-corrected chi connectivity index (χ1v) is 11.7. The summed E-state index contributed by atoms with van der Waals surface area (Å²) in [5.41, 5.74) is 6.09. The molecule has 9 heteroatoms. The maximum absolute atomic E-state index is 9.22. The molecule has 2 fully saturated rings. The Morgan fingerprint density at radius 2 is 1.84 bits per heavy atom. The van der Waals surface area contributed by atoms with Crippen molar-refractivity contribution in [3.05, 3.63) is 29.7 Å². The van der Waals surface area contributed by atoms with Crippen molar-refractivity contribution in [1.29, 1.82) is 0 Å². The number of aromatic nitrogens is 3. The molecule has 0 spiro atoms. The van der Waals surface area contributed by atoms with Gasteiger partial charge >= 0.3 is 0 Å². The smallest absolute Gasteiger partial charge is 0.214 e. The van der Waals surface area contributed by atoms with E-state index in [1.165, 1.54) is 39.0 Å². The summed E-state index contributed by atoms with van der Waals surface area (Å²) in [6, 6.07) is 2.48. The Hall–Kier alpha value is -2.45.